The lowest BCUT2D eigenvalue weighted by molar-refractivity contribution is -0.118. The van der Waals surface area contributed by atoms with Crippen molar-refractivity contribution in [2.75, 3.05) is 11.9 Å². The van der Waals surface area contributed by atoms with Crippen LogP contribution in [0.2, 0.25) is 0 Å². The predicted molar refractivity (Wildman–Crippen MR) is 107 cm³/mol. The standard InChI is InChI=1S/C22H23N3O3/c1-5-22(27)25(4)19-9-7-16(10-14(19)2)18-8-6-17(13-23-18)20(26)11-21-24-12-15(3)28-21/h6-10,12-13H,5,11H2,1-4H3. The lowest BCUT2D eigenvalue weighted by Crippen LogP contribution is -2.25. The summed E-state index contributed by atoms with van der Waals surface area (Å²) in [6.07, 6.45) is 3.74. The van der Waals surface area contributed by atoms with Crippen molar-refractivity contribution in [2.24, 2.45) is 0 Å². The highest BCUT2D eigenvalue weighted by molar-refractivity contribution is 5.97. The molecular formula is C22H23N3O3. The molecule has 2 heterocycles. The number of anilines is 1. The number of rotatable bonds is 6. The molecule has 0 bridgehead atoms. The highest BCUT2D eigenvalue weighted by Gasteiger charge is 2.14. The fourth-order valence-electron chi connectivity index (χ4n) is 3.01. The molecule has 3 aromatic rings. The normalized spacial score (nSPS) is 10.7. The number of amides is 1. The number of pyridine rings is 1. The minimum atomic E-state index is -0.0906. The van der Waals surface area contributed by atoms with E-state index in [1.807, 2.05) is 38.1 Å². The summed E-state index contributed by atoms with van der Waals surface area (Å²) in [5.41, 5.74) is 4.08. The van der Waals surface area contributed by atoms with Crippen LogP contribution in [0.15, 0.2) is 47.1 Å². The number of carbonyl (C=O) groups excluding carboxylic acids is 2. The Labute approximate surface area is 164 Å². The molecule has 144 valence electrons. The first-order valence-corrected chi connectivity index (χ1v) is 9.17. The molecule has 0 radical (unpaired) electrons. The van der Waals surface area contributed by atoms with Crippen LogP contribution < -0.4 is 4.90 Å². The molecule has 0 atom stereocenters. The van der Waals surface area contributed by atoms with Crippen LogP contribution in [0.4, 0.5) is 5.69 Å². The Morgan fingerprint density at radius 3 is 2.43 bits per heavy atom. The highest BCUT2D eigenvalue weighted by Crippen LogP contribution is 2.26. The summed E-state index contributed by atoms with van der Waals surface area (Å²) in [5.74, 6) is 1.06. The molecule has 0 aliphatic carbocycles. The lowest BCUT2D eigenvalue weighted by Gasteiger charge is -2.19. The molecule has 0 aliphatic rings. The number of aromatic nitrogens is 2. The van der Waals surface area contributed by atoms with Crippen LogP contribution in [0.3, 0.4) is 0 Å². The van der Waals surface area contributed by atoms with Crippen molar-refractivity contribution in [3.63, 3.8) is 0 Å². The average Bonchev–Trinajstić information content (AvgIpc) is 3.11. The third-order valence-electron chi connectivity index (χ3n) is 4.60. The van der Waals surface area contributed by atoms with E-state index in [4.69, 9.17) is 4.42 Å². The van der Waals surface area contributed by atoms with Crippen LogP contribution in [-0.4, -0.2) is 28.7 Å². The van der Waals surface area contributed by atoms with Crippen LogP contribution in [0.25, 0.3) is 11.3 Å². The van der Waals surface area contributed by atoms with Crippen LogP contribution >= 0.6 is 0 Å². The maximum atomic E-state index is 12.4. The summed E-state index contributed by atoms with van der Waals surface area (Å²) in [5, 5.41) is 0. The van der Waals surface area contributed by atoms with Crippen molar-refractivity contribution >= 4 is 17.4 Å². The number of aryl methyl sites for hydroxylation is 2. The Bertz CT molecular complexity index is 1010. The molecule has 0 N–H and O–H groups in total. The van der Waals surface area contributed by atoms with Gasteiger partial charge in [0, 0.05) is 36.5 Å². The van der Waals surface area contributed by atoms with Gasteiger partial charge in [0.1, 0.15) is 5.76 Å². The van der Waals surface area contributed by atoms with Crippen LogP contribution in [0.5, 0.6) is 0 Å². The summed E-state index contributed by atoms with van der Waals surface area (Å²) in [6.45, 7) is 5.60. The molecule has 28 heavy (non-hydrogen) atoms. The molecule has 0 saturated heterocycles. The van der Waals surface area contributed by atoms with Gasteiger partial charge in [-0.2, -0.15) is 0 Å². The Balaban J connectivity index is 1.77. The van der Waals surface area contributed by atoms with E-state index >= 15 is 0 Å². The number of Topliss-reactive ketones (excluding diaryl/α,β-unsaturated/α-hetero) is 1. The van der Waals surface area contributed by atoms with E-state index in [1.165, 1.54) is 0 Å². The van der Waals surface area contributed by atoms with Gasteiger partial charge in [0.2, 0.25) is 11.8 Å². The molecule has 0 fully saturated rings. The van der Waals surface area contributed by atoms with Crippen molar-refractivity contribution in [1.29, 1.82) is 0 Å². The van der Waals surface area contributed by atoms with E-state index in [-0.39, 0.29) is 18.1 Å². The quantitative estimate of drug-likeness (QED) is 0.603. The number of benzene rings is 1. The van der Waals surface area contributed by atoms with Gasteiger partial charge in [-0.1, -0.05) is 13.0 Å². The zero-order valence-corrected chi connectivity index (χ0v) is 16.5. The predicted octanol–water partition coefficient (Wildman–Crippen LogP) is 4.15. The SMILES string of the molecule is CCC(=O)N(C)c1ccc(-c2ccc(C(=O)Cc3ncc(C)o3)cn2)cc1C. The van der Waals surface area contributed by atoms with E-state index in [1.54, 1.807) is 37.3 Å². The van der Waals surface area contributed by atoms with Gasteiger partial charge in [-0.3, -0.25) is 14.6 Å². The molecule has 1 amide bonds. The number of carbonyl (C=O) groups is 2. The lowest BCUT2D eigenvalue weighted by atomic mass is 10.0. The Morgan fingerprint density at radius 1 is 1.07 bits per heavy atom. The fourth-order valence-corrected chi connectivity index (χ4v) is 3.01. The molecule has 0 unspecified atom stereocenters. The number of ketones is 1. The van der Waals surface area contributed by atoms with Gasteiger partial charge in [0.05, 0.1) is 18.3 Å². The van der Waals surface area contributed by atoms with Gasteiger partial charge in [0.25, 0.3) is 0 Å². The van der Waals surface area contributed by atoms with Crippen molar-refractivity contribution in [3.05, 3.63) is 65.5 Å². The van der Waals surface area contributed by atoms with Gasteiger partial charge >= 0.3 is 0 Å². The second-order valence-corrected chi connectivity index (χ2v) is 6.70. The van der Waals surface area contributed by atoms with Gasteiger partial charge in [-0.05, 0) is 43.7 Å². The van der Waals surface area contributed by atoms with Crippen LogP contribution in [-0.2, 0) is 11.2 Å². The van der Waals surface area contributed by atoms with Crippen molar-refractivity contribution in [1.82, 2.24) is 9.97 Å². The third-order valence-corrected chi connectivity index (χ3v) is 4.60. The van der Waals surface area contributed by atoms with Gasteiger partial charge in [0.15, 0.2) is 5.78 Å². The third kappa shape index (κ3) is 4.17. The monoisotopic (exact) mass is 377 g/mol. The van der Waals surface area contributed by atoms with E-state index in [0.29, 0.717) is 23.6 Å². The van der Waals surface area contributed by atoms with Gasteiger partial charge < -0.3 is 9.32 Å². The summed E-state index contributed by atoms with van der Waals surface area (Å²) in [4.78, 5) is 34.4. The van der Waals surface area contributed by atoms with Crippen molar-refractivity contribution in [3.8, 4) is 11.3 Å². The van der Waals surface area contributed by atoms with Crippen molar-refractivity contribution in [2.45, 2.75) is 33.6 Å². The number of nitrogens with zero attached hydrogens (tertiary/aromatic N) is 3. The first-order chi connectivity index (χ1) is 13.4. The topological polar surface area (TPSA) is 76.3 Å². The van der Waals surface area contributed by atoms with Crippen molar-refractivity contribution < 1.29 is 14.0 Å². The van der Waals surface area contributed by atoms with Gasteiger partial charge in [-0.25, -0.2) is 4.98 Å². The highest BCUT2D eigenvalue weighted by atomic mass is 16.4. The summed E-state index contributed by atoms with van der Waals surface area (Å²) >= 11 is 0. The second-order valence-electron chi connectivity index (χ2n) is 6.70. The number of hydrogen-bond donors (Lipinski definition) is 0. The molecule has 1 aromatic carbocycles. The minimum Gasteiger partial charge on any atom is -0.446 e. The maximum absolute atomic E-state index is 12.4. The Kier molecular flexibility index (Phi) is 5.68. The smallest absolute Gasteiger partial charge is 0.226 e. The van der Waals surface area contributed by atoms with Crippen LogP contribution in [0.1, 0.15) is 40.9 Å². The first kappa shape index (κ1) is 19.5. The number of hydrogen-bond acceptors (Lipinski definition) is 5. The summed E-state index contributed by atoms with van der Waals surface area (Å²) in [6, 6.07) is 9.43. The minimum absolute atomic E-state index is 0.0677. The zero-order valence-electron chi connectivity index (χ0n) is 16.5. The molecule has 6 heteroatoms. The van der Waals surface area contributed by atoms with E-state index in [2.05, 4.69) is 9.97 Å². The molecule has 2 aromatic heterocycles. The van der Waals surface area contributed by atoms with Crippen LogP contribution in [0, 0.1) is 13.8 Å². The average molecular weight is 377 g/mol. The second kappa shape index (κ2) is 8.17. The molecular weight excluding hydrogens is 354 g/mol. The number of oxazole rings is 1. The Morgan fingerprint density at radius 2 is 1.86 bits per heavy atom. The Hall–Kier alpha value is -3.28. The van der Waals surface area contributed by atoms with E-state index in [9.17, 15) is 9.59 Å². The fraction of sp³-hybridized carbons (Fsp3) is 0.273. The molecule has 0 saturated carbocycles. The summed E-state index contributed by atoms with van der Waals surface area (Å²) < 4.78 is 5.36. The molecule has 3 rings (SSSR count). The summed E-state index contributed by atoms with van der Waals surface area (Å²) in [7, 11) is 1.78. The zero-order chi connectivity index (χ0) is 20.3. The molecule has 0 aliphatic heterocycles. The first-order valence-electron chi connectivity index (χ1n) is 9.17. The molecule has 6 nitrogen and oxygen atoms in total. The molecule has 0 spiro atoms. The van der Waals surface area contributed by atoms with E-state index in [0.717, 1.165) is 22.5 Å². The van der Waals surface area contributed by atoms with Gasteiger partial charge in [-0.15, -0.1) is 0 Å². The van der Waals surface area contributed by atoms with E-state index < -0.39 is 0 Å². The maximum Gasteiger partial charge on any atom is 0.226 e. The largest absolute Gasteiger partial charge is 0.446 e.